The maximum atomic E-state index is 14.2. The van der Waals surface area contributed by atoms with Crippen LogP contribution < -0.4 is 0 Å². The van der Waals surface area contributed by atoms with Crippen LogP contribution in [-0.4, -0.2) is 68.0 Å². The lowest BCUT2D eigenvalue weighted by Crippen LogP contribution is -2.64. The Bertz CT molecular complexity index is 1210. The number of esters is 1. The molecular formula is C30H37N3O6. The van der Waals surface area contributed by atoms with Gasteiger partial charge in [-0.15, -0.1) is 0 Å². The summed E-state index contributed by atoms with van der Waals surface area (Å²) in [5, 5.41) is 13.6. The monoisotopic (exact) mass is 535 g/mol. The van der Waals surface area contributed by atoms with Crippen molar-refractivity contribution < 1.29 is 29.0 Å². The predicted octanol–water partition coefficient (Wildman–Crippen LogP) is 3.39. The van der Waals surface area contributed by atoms with Gasteiger partial charge in [0.15, 0.2) is 6.10 Å². The number of hydrogen-bond acceptors (Lipinski definition) is 6. The third-order valence-corrected chi connectivity index (χ3v) is 6.41. The zero-order valence-corrected chi connectivity index (χ0v) is 23.3. The molecule has 3 atom stereocenters. The van der Waals surface area contributed by atoms with Crippen LogP contribution >= 0.6 is 0 Å². The normalized spacial score (nSPS) is 17.1. The minimum Gasteiger partial charge on any atom is -0.461 e. The molecule has 1 N–H and O–H groups in total. The third-order valence-electron chi connectivity index (χ3n) is 6.41. The van der Waals surface area contributed by atoms with Crippen molar-refractivity contribution in [3.63, 3.8) is 0 Å². The molecule has 39 heavy (non-hydrogen) atoms. The lowest BCUT2D eigenvalue weighted by Gasteiger charge is -2.47. The molecule has 0 saturated heterocycles. The summed E-state index contributed by atoms with van der Waals surface area (Å²) in [5.74, 6) is -2.63. The zero-order chi connectivity index (χ0) is 28.9. The fourth-order valence-electron chi connectivity index (χ4n) is 4.72. The largest absolute Gasteiger partial charge is 0.461 e. The number of hydrogen-bond donors (Lipinski definition) is 1. The lowest BCUT2D eigenvalue weighted by molar-refractivity contribution is -0.178. The topological polar surface area (TPSA) is 107 Å². The second-order valence-electron chi connectivity index (χ2n) is 10.2. The van der Waals surface area contributed by atoms with Crippen LogP contribution in [0.3, 0.4) is 0 Å². The molecule has 0 spiro atoms. The van der Waals surface area contributed by atoms with Crippen molar-refractivity contribution in [1.82, 2.24) is 14.9 Å². The Balaban J connectivity index is 2.24. The first-order valence-electron chi connectivity index (χ1n) is 13.1. The van der Waals surface area contributed by atoms with Gasteiger partial charge in [-0.05, 0) is 31.7 Å². The van der Waals surface area contributed by atoms with Crippen molar-refractivity contribution in [3.05, 3.63) is 78.0 Å². The van der Waals surface area contributed by atoms with E-state index in [2.05, 4.69) is 0 Å². The Morgan fingerprint density at radius 3 is 2.00 bits per heavy atom. The molecule has 0 radical (unpaired) electrons. The maximum Gasteiger partial charge on any atom is 0.337 e. The molecule has 2 aromatic carbocycles. The van der Waals surface area contributed by atoms with E-state index in [4.69, 9.17) is 4.74 Å². The van der Waals surface area contributed by atoms with Gasteiger partial charge < -0.3 is 14.7 Å². The van der Waals surface area contributed by atoms with Gasteiger partial charge in [-0.25, -0.2) is 14.8 Å². The number of ether oxygens (including phenoxy) is 1. The number of aliphatic hydroxyl groups is 1. The standard InChI is InChI=1S/C30H37N3O6/c1-19(2)27-29(37)33(26(18-31(27)21(5)34)24-15-11-8-12-16-24)32(22(6)35)25(17-23-13-9-7-10-14-23)28(36)30(38)39-20(3)4/h7-16,18-20,25,27-28,36H,17H2,1-6H3/t25-,27+,28?/m0/s1. The van der Waals surface area contributed by atoms with E-state index in [0.29, 0.717) is 5.56 Å². The molecule has 1 aliphatic heterocycles. The summed E-state index contributed by atoms with van der Waals surface area (Å²) in [7, 11) is 0. The molecule has 0 bridgehead atoms. The van der Waals surface area contributed by atoms with Crippen LogP contribution in [0.4, 0.5) is 0 Å². The number of benzene rings is 2. The summed E-state index contributed by atoms with van der Waals surface area (Å²) in [5.41, 5.74) is 1.58. The maximum absolute atomic E-state index is 14.2. The first-order chi connectivity index (χ1) is 18.4. The summed E-state index contributed by atoms with van der Waals surface area (Å²) >= 11 is 0. The van der Waals surface area contributed by atoms with Gasteiger partial charge >= 0.3 is 5.97 Å². The van der Waals surface area contributed by atoms with E-state index in [9.17, 15) is 24.3 Å². The van der Waals surface area contributed by atoms with Crippen LogP contribution in [-0.2, 0) is 30.3 Å². The number of rotatable bonds is 9. The third kappa shape index (κ3) is 6.72. The minimum atomic E-state index is -1.76. The summed E-state index contributed by atoms with van der Waals surface area (Å²) < 4.78 is 5.30. The second-order valence-corrected chi connectivity index (χ2v) is 10.2. The van der Waals surface area contributed by atoms with E-state index in [1.54, 1.807) is 44.3 Å². The first-order valence-corrected chi connectivity index (χ1v) is 13.1. The van der Waals surface area contributed by atoms with Gasteiger partial charge in [0.1, 0.15) is 6.04 Å². The molecule has 2 aromatic rings. The van der Waals surface area contributed by atoms with Crippen LogP contribution in [0.25, 0.3) is 5.70 Å². The molecule has 0 aromatic heterocycles. The van der Waals surface area contributed by atoms with Gasteiger partial charge in [0.05, 0.1) is 17.8 Å². The van der Waals surface area contributed by atoms with E-state index in [-0.39, 0.29) is 23.9 Å². The highest BCUT2D eigenvalue weighted by Crippen LogP contribution is 2.33. The lowest BCUT2D eigenvalue weighted by atomic mass is 9.96. The van der Waals surface area contributed by atoms with Gasteiger partial charge in [0.25, 0.3) is 5.91 Å². The number of hydrazine groups is 1. The fourth-order valence-corrected chi connectivity index (χ4v) is 4.72. The van der Waals surface area contributed by atoms with Crippen molar-refractivity contribution in [3.8, 4) is 0 Å². The molecule has 3 amide bonds. The number of nitrogens with zero attached hydrogens (tertiary/aromatic N) is 3. The average molecular weight is 536 g/mol. The molecule has 0 aliphatic carbocycles. The Morgan fingerprint density at radius 2 is 1.51 bits per heavy atom. The molecule has 1 heterocycles. The van der Waals surface area contributed by atoms with E-state index in [1.807, 2.05) is 50.2 Å². The van der Waals surface area contributed by atoms with E-state index >= 15 is 0 Å². The smallest absolute Gasteiger partial charge is 0.337 e. The number of aliphatic hydroxyl groups excluding tert-OH is 1. The molecule has 9 nitrogen and oxygen atoms in total. The van der Waals surface area contributed by atoms with E-state index < -0.39 is 42.1 Å². The van der Waals surface area contributed by atoms with Gasteiger partial charge in [0.2, 0.25) is 11.8 Å². The van der Waals surface area contributed by atoms with Crippen molar-refractivity contribution in [1.29, 1.82) is 0 Å². The van der Waals surface area contributed by atoms with Crippen LogP contribution in [0.5, 0.6) is 0 Å². The Labute approximate surface area is 229 Å². The van der Waals surface area contributed by atoms with Crippen LogP contribution in [0, 0.1) is 5.92 Å². The molecule has 0 saturated carbocycles. The van der Waals surface area contributed by atoms with Gasteiger partial charge in [-0.2, -0.15) is 0 Å². The van der Waals surface area contributed by atoms with Gasteiger partial charge in [-0.3, -0.25) is 14.4 Å². The number of amides is 3. The molecule has 208 valence electrons. The van der Waals surface area contributed by atoms with Crippen LogP contribution in [0.1, 0.15) is 52.7 Å². The number of carbonyl (C=O) groups is 4. The SMILES string of the molecule is CC(=O)N1C=C(c2ccccc2)N(N(C(C)=O)[C@@H](Cc2ccccc2)C(O)C(=O)OC(C)C)C(=O)[C@H]1C(C)C. The number of carbonyl (C=O) groups excluding carboxylic acids is 4. The molecule has 0 fully saturated rings. The summed E-state index contributed by atoms with van der Waals surface area (Å²) in [4.78, 5) is 54.6. The second kappa shape index (κ2) is 12.7. The molecular weight excluding hydrogens is 498 g/mol. The molecule has 1 aliphatic rings. The summed E-state index contributed by atoms with van der Waals surface area (Å²) in [6.45, 7) is 9.60. The van der Waals surface area contributed by atoms with E-state index in [0.717, 1.165) is 10.6 Å². The Morgan fingerprint density at radius 1 is 0.949 bits per heavy atom. The van der Waals surface area contributed by atoms with Gasteiger partial charge in [0, 0.05) is 25.6 Å². The minimum absolute atomic E-state index is 0.0589. The van der Waals surface area contributed by atoms with Crippen molar-refractivity contribution in [2.45, 2.75) is 72.3 Å². The highest BCUT2D eigenvalue weighted by Gasteiger charge is 2.47. The summed E-state index contributed by atoms with van der Waals surface area (Å²) in [6.07, 6.45) is -0.646. The van der Waals surface area contributed by atoms with Crippen molar-refractivity contribution in [2.75, 3.05) is 0 Å². The molecule has 1 unspecified atom stereocenters. The van der Waals surface area contributed by atoms with Crippen molar-refractivity contribution >= 4 is 29.4 Å². The predicted molar refractivity (Wildman–Crippen MR) is 146 cm³/mol. The van der Waals surface area contributed by atoms with E-state index in [1.165, 1.54) is 23.8 Å². The highest BCUT2D eigenvalue weighted by atomic mass is 16.6. The van der Waals surface area contributed by atoms with Crippen molar-refractivity contribution in [2.24, 2.45) is 5.92 Å². The molecule has 9 heteroatoms. The average Bonchev–Trinajstić information content (AvgIpc) is 2.88. The molecule has 3 rings (SSSR count). The zero-order valence-electron chi connectivity index (χ0n) is 23.3. The quantitative estimate of drug-likeness (QED) is 0.494. The summed E-state index contributed by atoms with van der Waals surface area (Å²) in [6, 6.07) is 15.9. The van der Waals surface area contributed by atoms with Crippen LogP contribution in [0.2, 0.25) is 0 Å². The van der Waals surface area contributed by atoms with Crippen LogP contribution in [0.15, 0.2) is 66.9 Å². The Hall–Kier alpha value is -3.98. The Kier molecular flexibility index (Phi) is 9.64. The fraction of sp³-hybridized carbons (Fsp3) is 0.400. The first kappa shape index (κ1) is 29.6. The highest BCUT2D eigenvalue weighted by molar-refractivity contribution is 5.98. The van der Waals surface area contributed by atoms with Gasteiger partial charge in [-0.1, -0.05) is 74.5 Å².